The molecule has 0 radical (unpaired) electrons. The molecule has 1 amide bonds. The van der Waals surface area contributed by atoms with Gasteiger partial charge in [-0.2, -0.15) is 0 Å². The number of aromatic hydroxyl groups is 1. The smallest absolute Gasteiger partial charge is 0.227 e. The van der Waals surface area contributed by atoms with Crippen molar-refractivity contribution in [3.8, 4) is 5.75 Å². The highest BCUT2D eigenvalue weighted by Crippen LogP contribution is 2.24. The number of hydrogen-bond acceptors (Lipinski definition) is 3. The Bertz CT molecular complexity index is 459. The molecule has 98 valence electrons. The summed E-state index contributed by atoms with van der Waals surface area (Å²) in [4.78, 5) is 13.1. The molecule has 1 aromatic rings. The van der Waals surface area contributed by atoms with Crippen molar-refractivity contribution in [2.24, 2.45) is 0 Å². The number of hydrogen-bond donors (Lipinski definition) is 2. The van der Waals surface area contributed by atoms with E-state index in [1.807, 2.05) is 0 Å². The molecule has 0 bridgehead atoms. The highest BCUT2D eigenvalue weighted by Gasteiger charge is 2.33. The van der Waals surface area contributed by atoms with Gasteiger partial charge >= 0.3 is 0 Å². The van der Waals surface area contributed by atoms with Crippen LogP contribution in [0.1, 0.15) is 5.56 Å². The highest BCUT2D eigenvalue weighted by molar-refractivity contribution is 6.32. The Morgan fingerprint density at radius 1 is 1.50 bits per heavy atom. The number of halogens is 2. The molecule has 1 aliphatic heterocycles. The van der Waals surface area contributed by atoms with E-state index in [4.69, 9.17) is 11.6 Å². The van der Waals surface area contributed by atoms with Gasteiger partial charge in [0.15, 0.2) is 0 Å². The third kappa shape index (κ3) is 2.73. The summed E-state index contributed by atoms with van der Waals surface area (Å²) in [6.07, 6.45) is -2.41. The molecule has 0 aromatic heterocycles. The van der Waals surface area contributed by atoms with Crippen LogP contribution in [0.5, 0.6) is 5.75 Å². The van der Waals surface area contributed by atoms with E-state index >= 15 is 0 Å². The maximum atomic E-state index is 13.1. The fraction of sp³-hybridized carbons (Fsp3) is 0.417. The number of aliphatic hydroxyl groups is 1. The molecule has 2 atom stereocenters. The van der Waals surface area contributed by atoms with Gasteiger partial charge in [-0.25, -0.2) is 4.39 Å². The lowest BCUT2D eigenvalue weighted by molar-refractivity contribution is -0.129. The van der Waals surface area contributed by atoms with Gasteiger partial charge in [0.1, 0.15) is 18.0 Å². The van der Waals surface area contributed by atoms with Gasteiger partial charge in [0.05, 0.1) is 18.0 Å². The van der Waals surface area contributed by atoms with Crippen LogP contribution in [0.4, 0.5) is 4.39 Å². The number of rotatable bonds is 2. The van der Waals surface area contributed by atoms with Crippen molar-refractivity contribution >= 4 is 17.5 Å². The van der Waals surface area contributed by atoms with Crippen molar-refractivity contribution in [2.45, 2.75) is 18.7 Å². The molecule has 6 heteroatoms. The Morgan fingerprint density at radius 3 is 2.78 bits per heavy atom. The summed E-state index contributed by atoms with van der Waals surface area (Å²) < 4.78 is 13.1. The molecule has 0 saturated carbocycles. The summed E-state index contributed by atoms with van der Waals surface area (Å²) in [6.45, 7) is -0.0579. The van der Waals surface area contributed by atoms with Gasteiger partial charge in [-0.05, 0) is 17.7 Å². The minimum atomic E-state index is -1.38. The summed E-state index contributed by atoms with van der Waals surface area (Å²) in [5, 5.41) is 18.7. The van der Waals surface area contributed by atoms with Crippen molar-refractivity contribution in [1.29, 1.82) is 0 Å². The Balaban J connectivity index is 2.01. The minimum absolute atomic E-state index is 0.0197. The topological polar surface area (TPSA) is 60.8 Å². The average Bonchev–Trinajstić information content (AvgIpc) is 2.65. The van der Waals surface area contributed by atoms with Crippen LogP contribution in [0.25, 0.3) is 0 Å². The Morgan fingerprint density at radius 2 is 2.22 bits per heavy atom. The molecule has 1 fully saturated rings. The number of carbonyl (C=O) groups excluding carboxylic acids is 1. The van der Waals surface area contributed by atoms with E-state index in [0.717, 1.165) is 0 Å². The standard InChI is InChI=1S/C12H13ClFNO3/c13-8-3-7(1-2-10(8)16)4-12(18)15-5-9(14)11(17)6-15/h1-3,9,11,16-17H,4-6H2/t9-,11-/m1/s1. The number of β-amino-alcohol motifs (C(OH)–C–C–N with tert-alkyl or cyclic N) is 1. The van der Waals surface area contributed by atoms with Crippen LogP contribution in [0, 0.1) is 0 Å². The predicted molar refractivity (Wildman–Crippen MR) is 64.3 cm³/mol. The number of nitrogens with zero attached hydrogens (tertiary/aromatic N) is 1. The normalized spacial score (nSPS) is 23.4. The van der Waals surface area contributed by atoms with Crippen molar-refractivity contribution in [3.63, 3.8) is 0 Å². The van der Waals surface area contributed by atoms with Gasteiger partial charge in [-0.15, -0.1) is 0 Å². The molecule has 2 rings (SSSR count). The van der Waals surface area contributed by atoms with Crippen molar-refractivity contribution in [1.82, 2.24) is 4.90 Å². The number of benzene rings is 1. The number of alkyl halides is 1. The van der Waals surface area contributed by atoms with Gasteiger partial charge in [-0.3, -0.25) is 4.79 Å². The fourth-order valence-corrected chi connectivity index (χ4v) is 2.10. The summed E-state index contributed by atoms with van der Waals surface area (Å²) in [5.41, 5.74) is 0.639. The van der Waals surface area contributed by atoms with Crippen LogP contribution in [0.2, 0.25) is 5.02 Å². The molecule has 18 heavy (non-hydrogen) atoms. The van der Waals surface area contributed by atoms with Crippen LogP contribution in [-0.2, 0) is 11.2 Å². The quantitative estimate of drug-likeness (QED) is 0.849. The summed E-state index contributed by atoms with van der Waals surface area (Å²) >= 11 is 5.73. The van der Waals surface area contributed by atoms with Crippen LogP contribution in [0.3, 0.4) is 0 Å². The molecule has 1 heterocycles. The maximum Gasteiger partial charge on any atom is 0.227 e. The molecule has 0 spiro atoms. The van der Waals surface area contributed by atoms with Gasteiger partial charge in [0.25, 0.3) is 0 Å². The minimum Gasteiger partial charge on any atom is -0.506 e. The lowest BCUT2D eigenvalue weighted by atomic mass is 10.1. The first-order valence-electron chi connectivity index (χ1n) is 5.54. The predicted octanol–water partition coefficient (Wildman–Crippen LogP) is 1.13. The largest absolute Gasteiger partial charge is 0.506 e. The zero-order valence-corrected chi connectivity index (χ0v) is 10.3. The summed E-state index contributed by atoms with van der Waals surface area (Å²) in [5.74, 6) is -0.316. The van der Waals surface area contributed by atoms with Gasteiger partial charge in [0.2, 0.25) is 5.91 Å². The zero-order chi connectivity index (χ0) is 13.3. The number of likely N-dealkylation sites (tertiary alicyclic amines) is 1. The first kappa shape index (κ1) is 13.1. The number of phenolic OH excluding ortho intramolecular Hbond substituents is 1. The second kappa shape index (κ2) is 5.12. The zero-order valence-electron chi connectivity index (χ0n) is 9.51. The Kier molecular flexibility index (Phi) is 3.73. The fourth-order valence-electron chi connectivity index (χ4n) is 1.90. The van der Waals surface area contributed by atoms with Gasteiger partial charge in [0, 0.05) is 6.54 Å². The first-order valence-corrected chi connectivity index (χ1v) is 5.92. The molecule has 1 saturated heterocycles. The van der Waals surface area contributed by atoms with Crippen molar-refractivity contribution in [3.05, 3.63) is 28.8 Å². The summed E-state index contributed by atoms with van der Waals surface area (Å²) in [6, 6.07) is 4.48. The van der Waals surface area contributed by atoms with E-state index in [0.29, 0.717) is 5.56 Å². The SMILES string of the molecule is O=C(Cc1ccc(O)c(Cl)c1)N1C[C@@H](O)[C@H](F)C1. The molecule has 4 nitrogen and oxygen atoms in total. The second-order valence-corrected chi connectivity index (χ2v) is 4.75. The molecule has 1 aliphatic rings. The Hall–Kier alpha value is -1.33. The molecule has 0 unspecified atom stereocenters. The van der Waals surface area contributed by atoms with E-state index in [9.17, 15) is 19.4 Å². The van der Waals surface area contributed by atoms with Gasteiger partial charge in [-0.1, -0.05) is 17.7 Å². The molecule has 2 N–H and O–H groups in total. The number of amides is 1. The summed E-state index contributed by atoms with van der Waals surface area (Å²) in [7, 11) is 0. The lowest BCUT2D eigenvalue weighted by Gasteiger charge is -2.15. The third-order valence-electron chi connectivity index (χ3n) is 2.94. The highest BCUT2D eigenvalue weighted by atomic mass is 35.5. The molecular weight excluding hydrogens is 261 g/mol. The second-order valence-electron chi connectivity index (χ2n) is 4.34. The van der Waals surface area contributed by atoms with E-state index in [2.05, 4.69) is 0 Å². The maximum absolute atomic E-state index is 13.1. The molecular formula is C12H13ClFNO3. The third-order valence-corrected chi connectivity index (χ3v) is 3.24. The van der Waals surface area contributed by atoms with E-state index in [-0.39, 0.29) is 36.2 Å². The number of carbonyl (C=O) groups is 1. The van der Waals surface area contributed by atoms with Crippen LogP contribution < -0.4 is 0 Å². The van der Waals surface area contributed by atoms with Crippen LogP contribution in [-0.4, -0.2) is 46.4 Å². The molecule has 0 aliphatic carbocycles. The van der Waals surface area contributed by atoms with Crippen molar-refractivity contribution in [2.75, 3.05) is 13.1 Å². The number of aliphatic hydroxyl groups excluding tert-OH is 1. The van der Waals surface area contributed by atoms with Gasteiger partial charge < -0.3 is 15.1 Å². The van der Waals surface area contributed by atoms with E-state index in [1.165, 1.54) is 17.0 Å². The van der Waals surface area contributed by atoms with Crippen LogP contribution >= 0.6 is 11.6 Å². The van der Waals surface area contributed by atoms with E-state index < -0.39 is 12.3 Å². The number of phenols is 1. The van der Waals surface area contributed by atoms with Crippen LogP contribution in [0.15, 0.2) is 18.2 Å². The lowest BCUT2D eigenvalue weighted by Crippen LogP contribution is -2.31. The molecule has 1 aromatic carbocycles. The Labute approximate surface area is 109 Å². The van der Waals surface area contributed by atoms with Crippen molar-refractivity contribution < 1.29 is 19.4 Å². The van der Waals surface area contributed by atoms with E-state index in [1.54, 1.807) is 6.07 Å². The average molecular weight is 274 g/mol. The first-order chi connectivity index (χ1) is 8.47. The monoisotopic (exact) mass is 273 g/mol.